The smallest absolute Gasteiger partial charge is 0.178 e. The van der Waals surface area contributed by atoms with Crippen molar-refractivity contribution in [3.05, 3.63) is 24.3 Å². The third-order valence-electron chi connectivity index (χ3n) is 1.75. The molecule has 0 radical (unpaired) electrons. The lowest BCUT2D eigenvalue weighted by atomic mass is 10.3. The molecule has 1 aromatic carbocycles. The van der Waals surface area contributed by atoms with Crippen molar-refractivity contribution in [3.63, 3.8) is 0 Å². The molecule has 0 spiro atoms. The van der Waals surface area contributed by atoms with Gasteiger partial charge in [0.1, 0.15) is 0 Å². The van der Waals surface area contributed by atoms with Crippen molar-refractivity contribution < 1.29 is 8.42 Å². The van der Waals surface area contributed by atoms with E-state index in [4.69, 9.17) is 0 Å². The van der Waals surface area contributed by atoms with Crippen LogP contribution in [0.3, 0.4) is 0 Å². The second kappa shape index (κ2) is 4.46. The van der Waals surface area contributed by atoms with E-state index >= 15 is 0 Å². The van der Waals surface area contributed by atoms with Gasteiger partial charge in [-0.15, -0.1) is 0 Å². The Labute approximate surface area is 88.4 Å². The highest BCUT2D eigenvalue weighted by Gasteiger charge is 2.10. The maximum absolute atomic E-state index is 11.4. The van der Waals surface area contributed by atoms with E-state index in [1.54, 1.807) is 19.1 Å². The summed E-state index contributed by atoms with van der Waals surface area (Å²) in [7, 11) is -3.12. The van der Waals surface area contributed by atoms with Gasteiger partial charge in [0.15, 0.2) is 9.84 Å². The lowest BCUT2D eigenvalue weighted by Gasteiger charge is -2.00. The summed E-state index contributed by atoms with van der Waals surface area (Å²) in [5, 5.41) is 2.22. The van der Waals surface area contributed by atoms with E-state index in [-0.39, 0.29) is 5.75 Å². The number of rotatable bonds is 3. The monoisotopic (exact) mass is 227 g/mol. The zero-order valence-corrected chi connectivity index (χ0v) is 9.23. The van der Waals surface area contributed by atoms with Gasteiger partial charge >= 0.3 is 0 Å². The van der Waals surface area contributed by atoms with E-state index in [9.17, 15) is 8.42 Å². The second-order valence-corrected chi connectivity index (χ2v) is 5.06. The minimum atomic E-state index is -3.12. The molecule has 0 heterocycles. The minimum absolute atomic E-state index is 0.1000. The summed E-state index contributed by atoms with van der Waals surface area (Å²) in [4.78, 5) is 4.03. The van der Waals surface area contributed by atoms with Crippen LogP contribution in [0.2, 0.25) is 0 Å². The quantitative estimate of drug-likeness (QED) is 0.587. The Kier molecular flexibility index (Phi) is 3.52. The highest BCUT2D eigenvalue weighted by molar-refractivity contribution is 7.91. The first-order chi connectivity index (χ1) is 6.60. The van der Waals surface area contributed by atoms with Gasteiger partial charge < -0.3 is 0 Å². The third-order valence-corrected chi connectivity index (χ3v) is 3.59. The molecule has 0 bridgehead atoms. The fourth-order valence-electron chi connectivity index (χ4n) is 0.947. The molecule has 0 saturated heterocycles. The van der Waals surface area contributed by atoms with Crippen LogP contribution in [0.25, 0.3) is 0 Å². The van der Waals surface area contributed by atoms with Crippen LogP contribution in [0.5, 0.6) is 0 Å². The minimum Gasteiger partial charge on any atom is -0.224 e. The van der Waals surface area contributed by atoms with E-state index < -0.39 is 9.84 Å². The van der Waals surface area contributed by atoms with Crippen LogP contribution in [0.4, 0.5) is 5.69 Å². The highest BCUT2D eigenvalue weighted by Crippen LogP contribution is 2.16. The summed E-state index contributed by atoms with van der Waals surface area (Å²) in [5.41, 5.74) is 0.607. The average Bonchev–Trinajstić information content (AvgIpc) is 2.19. The van der Waals surface area contributed by atoms with Crippen molar-refractivity contribution in [3.8, 4) is 0 Å². The van der Waals surface area contributed by atoms with Gasteiger partial charge in [0, 0.05) is 0 Å². The second-order valence-electron chi connectivity index (χ2n) is 2.60. The van der Waals surface area contributed by atoms with E-state index in [0.717, 1.165) is 0 Å². The van der Waals surface area contributed by atoms with Crippen molar-refractivity contribution >= 4 is 32.9 Å². The first-order valence-corrected chi connectivity index (χ1v) is 6.07. The Hall–Kier alpha value is -1.03. The Balaban J connectivity index is 3.12. The first kappa shape index (κ1) is 11.0. The number of hydrogen-bond donors (Lipinski definition) is 0. The van der Waals surface area contributed by atoms with Crippen LogP contribution in [-0.4, -0.2) is 19.3 Å². The molecule has 3 nitrogen and oxygen atoms in total. The average molecular weight is 227 g/mol. The molecule has 0 N–H and O–H groups in total. The summed E-state index contributed by atoms with van der Waals surface area (Å²) >= 11 is 4.43. The molecule has 14 heavy (non-hydrogen) atoms. The number of aliphatic imine (C=N–C) groups is 1. The highest BCUT2D eigenvalue weighted by atomic mass is 32.2. The summed E-state index contributed by atoms with van der Waals surface area (Å²) in [6.07, 6.45) is 0. The van der Waals surface area contributed by atoms with E-state index in [2.05, 4.69) is 22.4 Å². The zero-order chi connectivity index (χ0) is 10.6. The number of benzene rings is 1. The van der Waals surface area contributed by atoms with Gasteiger partial charge in [0.2, 0.25) is 0 Å². The molecule has 1 rings (SSSR count). The van der Waals surface area contributed by atoms with Crippen LogP contribution >= 0.6 is 12.2 Å². The van der Waals surface area contributed by atoms with Gasteiger partial charge in [-0.3, -0.25) is 0 Å². The molecule has 0 unspecified atom stereocenters. The van der Waals surface area contributed by atoms with Crippen molar-refractivity contribution in [2.75, 3.05) is 5.75 Å². The molecule has 74 valence electrons. The molecule has 0 amide bonds. The number of hydrogen-bond acceptors (Lipinski definition) is 4. The van der Waals surface area contributed by atoms with Crippen molar-refractivity contribution in [2.45, 2.75) is 11.8 Å². The Morgan fingerprint density at radius 2 is 1.93 bits per heavy atom. The third kappa shape index (κ3) is 2.48. The van der Waals surface area contributed by atoms with Gasteiger partial charge in [0.25, 0.3) is 0 Å². The summed E-state index contributed by atoms with van der Waals surface area (Å²) in [6, 6.07) is 6.23. The maximum Gasteiger partial charge on any atom is 0.178 e. The number of thiocarbonyl (C=S) groups is 1. The predicted octanol–water partition coefficient (Wildman–Crippen LogP) is 2.21. The van der Waals surface area contributed by atoms with Crippen LogP contribution in [0.15, 0.2) is 34.2 Å². The van der Waals surface area contributed by atoms with Crippen LogP contribution in [0, 0.1) is 0 Å². The van der Waals surface area contributed by atoms with Crippen molar-refractivity contribution in [1.29, 1.82) is 0 Å². The van der Waals surface area contributed by atoms with Crippen LogP contribution < -0.4 is 0 Å². The fourth-order valence-corrected chi connectivity index (χ4v) is 1.94. The van der Waals surface area contributed by atoms with Gasteiger partial charge in [-0.2, -0.15) is 4.99 Å². The maximum atomic E-state index is 11.4. The molecule has 0 aliphatic heterocycles. The van der Waals surface area contributed by atoms with Crippen LogP contribution in [-0.2, 0) is 9.84 Å². The summed E-state index contributed by atoms with van der Waals surface area (Å²) in [5.74, 6) is 0.1000. The summed E-state index contributed by atoms with van der Waals surface area (Å²) in [6.45, 7) is 1.61. The standard InChI is InChI=1S/C9H9NO2S2/c1-2-14(11,12)9-5-3-8(4-6-9)10-7-13/h3-6H,2H2,1H3. The molecular weight excluding hydrogens is 218 g/mol. The molecule has 5 heteroatoms. The lowest BCUT2D eigenvalue weighted by Crippen LogP contribution is -2.02. The van der Waals surface area contributed by atoms with Gasteiger partial charge in [-0.05, 0) is 36.5 Å². The van der Waals surface area contributed by atoms with Gasteiger partial charge in [-0.25, -0.2) is 8.42 Å². The molecule has 0 aliphatic carbocycles. The first-order valence-electron chi connectivity index (χ1n) is 4.01. The zero-order valence-electron chi connectivity index (χ0n) is 7.60. The molecule has 0 atom stereocenters. The molecule has 0 saturated carbocycles. The largest absolute Gasteiger partial charge is 0.224 e. The van der Waals surface area contributed by atoms with Crippen LogP contribution in [0.1, 0.15) is 6.92 Å². The molecule has 1 aromatic rings. The SMILES string of the molecule is CCS(=O)(=O)c1ccc(N=C=S)cc1. The molecule has 0 aromatic heterocycles. The summed E-state index contributed by atoms with van der Waals surface area (Å²) < 4.78 is 22.8. The predicted molar refractivity (Wildman–Crippen MR) is 58.9 cm³/mol. The van der Waals surface area contributed by atoms with Crippen molar-refractivity contribution in [1.82, 2.24) is 0 Å². The lowest BCUT2D eigenvalue weighted by molar-refractivity contribution is 0.597. The Bertz CT molecular complexity index is 456. The van der Waals surface area contributed by atoms with E-state index in [1.807, 2.05) is 0 Å². The molecule has 0 fully saturated rings. The van der Waals surface area contributed by atoms with E-state index in [1.165, 1.54) is 12.1 Å². The Morgan fingerprint density at radius 1 is 1.36 bits per heavy atom. The number of sulfone groups is 1. The molecular formula is C9H9NO2S2. The number of nitrogens with zero attached hydrogens (tertiary/aromatic N) is 1. The fraction of sp³-hybridized carbons (Fsp3) is 0.222. The number of isothiocyanates is 1. The Morgan fingerprint density at radius 3 is 2.36 bits per heavy atom. The normalized spacial score (nSPS) is 10.6. The molecule has 0 aliphatic rings. The van der Waals surface area contributed by atoms with Gasteiger partial charge in [-0.1, -0.05) is 6.92 Å². The topological polar surface area (TPSA) is 46.5 Å². The van der Waals surface area contributed by atoms with Gasteiger partial charge in [0.05, 0.1) is 21.5 Å². The van der Waals surface area contributed by atoms with Crippen molar-refractivity contribution in [2.24, 2.45) is 4.99 Å². The van der Waals surface area contributed by atoms with E-state index in [0.29, 0.717) is 10.6 Å².